The van der Waals surface area contributed by atoms with Gasteiger partial charge in [-0.2, -0.15) is 0 Å². The molecular formula is C20H28N4O5S. The van der Waals surface area contributed by atoms with Crippen LogP contribution in [-0.4, -0.2) is 69.5 Å². The van der Waals surface area contributed by atoms with Gasteiger partial charge in [0.2, 0.25) is 0 Å². The van der Waals surface area contributed by atoms with E-state index in [2.05, 4.69) is 15.6 Å². The first-order valence-electron chi connectivity index (χ1n) is 9.47. The van der Waals surface area contributed by atoms with E-state index in [1.54, 1.807) is 55.9 Å². The topological polar surface area (TPSA) is 102 Å². The summed E-state index contributed by atoms with van der Waals surface area (Å²) in [6, 6.07) is 6.79. The van der Waals surface area contributed by atoms with E-state index < -0.39 is 0 Å². The summed E-state index contributed by atoms with van der Waals surface area (Å²) in [7, 11) is 4.78. The van der Waals surface area contributed by atoms with Crippen LogP contribution < -0.4 is 15.4 Å². The largest absolute Gasteiger partial charge is 0.497 e. The molecule has 0 spiro atoms. The number of hydrogen-bond donors (Lipinski definition) is 2. The predicted octanol–water partition coefficient (Wildman–Crippen LogP) is 2.60. The Kier molecular flexibility index (Phi) is 10.1. The molecule has 0 atom stereocenters. The summed E-state index contributed by atoms with van der Waals surface area (Å²) in [6.45, 7) is 2.14. The quantitative estimate of drug-likeness (QED) is 0.496. The van der Waals surface area contributed by atoms with Crippen molar-refractivity contribution in [2.45, 2.75) is 13.0 Å². The molecule has 1 aromatic carbocycles. The molecule has 0 unspecified atom stereocenters. The zero-order chi connectivity index (χ0) is 21.8. The van der Waals surface area contributed by atoms with Gasteiger partial charge in [-0.05, 0) is 30.7 Å². The van der Waals surface area contributed by atoms with Crippen LogP contribution in [-0.2, 0) is 16.0 Å². The minimum Gasteiger partial charge on any atom is -0.497 e. The van der Waals surface area contributed by atoms with Gasteiger partial charge in [-0.15, -0.1) is 11.3 Å². The summed E-state index contributed by atoms with van der Waals surface area (Å²) in [5.41, 5.74) is 0.994. The first-order valence-corrected chi connectivity index (χ1v) is 10.4. The molecule has 2 aromatic rings. The average Bonchev–Trinajstić information content (AvgIpc) is 3.23. The third-order valence-electron chi connectivity index (χ3n) is 4.12. The molecular weight excluding hydrogens is 408 g/mol. The lowest BCUT2D eigenvalue weighted by atomic mass is 10.3. The maximum atomic E-state index is 12.7. The van der Waals surface area contributed by atoms with Crippen molar-refractivity contribution in [3.63, 3.8) is 0 Å². The number of benzene rings is 1. The van der Waals surface area contributed by atoms with Crippen LogP contribution >= 0.6 is 11.3 Å². The zero-order valence-corrected chi connectivity index (χ0v) is 18.3. The Morgan fingerprint density at radius 2 is 1.83 bits per heavy atom. The van der Waals surface area contributed by atoms with Gasteiger partial charge >= 0.3 is 6.03 Å². The number of urea groups is 1. The lowest BCUT2D eigenvalue weighted by molar-refractivity contribution is 0.0944. The smallest absolute Gasteiger partial charge is 0.322 e. The lowest BCUT2D eigenvalue weighted by Gasteiger charge is -2.22. The number of rotatable bonds is 12. The first-order chi connectivity index (χ1) is 14.6. The molecule has 3 amide bonds. The molecule has 0 bridgehead atoms. The standard InChI is InChI=1S/C20H28N4O5S/c1-27-11-4-9-21-19(25)17-14-30-18(23-17)13-24(10-12-28-2)20(26)22-15-5-7-16(29-3)8-6-15/h5-8,14H,4,9-13H2,1-3H3,(H,21,25)(H,22,26). The van der Waals surface area contributed by atoms with Crippen molar-refractivity contribution >= 4 is 29.0 Å². The van der Waals surface area contributed by atoms with Gasteiger partial charge in [-0.3, -0.25) is 4.79 Å². The number of hydrogen-bond acceptors (Lipinski definition) is 7. The molecule has 0 radical (unpaired) electrons. The Balaban J connectivity index is 1.97. The van der Waals surface area contributed by atoms with Crippen LogP contribution in [0.15, 0.2) is 29.6 Å². The number of ether oxygens (including phenoxy) is 3. The maximum Gasteiger partial charge on any atom is 0.322 e. The Morgan fingerprint density at radius 1 is 1.10 bits per heavy atom. The number of thiazole rings is 1. The van der Waals surface area contributed by atoms with Gasteiger partial charge in [0.05, 0.1) is 20.3 Å². The molecule has 0 saturated heterocycles. The van der Waals surface area contributed by atoms with Gasteiger partial charge < -0.3 is 29.7 Å². The molecule has 9 nitrogen and oxygen atoms in total. The van der Waals surface area contributed by atoms with E-state index in [1.165, 1.54) is 11.3 Å². The fourth-order valence-corrected chi connectivity index (χ4v) is 3.28. The maximum absolute atomic E-state index is 12.7. The molecule has 0 fully saturated rings. The Labute approximate surface area is 180 Å². The van der Waals surface area contributed by atoms with Crippen LogP contribution in [0.2, 0.25) is 0 Å². The number of anilines is 1. The number of nitrogens with one attached hydrogen (secondary N) is 2. The van der Waals surface area contributed by atoms with Crippen LogP contribution in [0.3, 0.4) is 0 Å². The van der Waals surface area contributed by atoms with Crippen molar-refractivity contribution in [1.29, 1.82) is 0 Å². The molecule has 10 heteroatoms. The van der Waals surface area contributed by atoms with Crippen molar-refractivity contribution in [1.82, 2.24) is 15.2 Å². The Hall–Kier alpha value is -2.69. The second kappa shape index (κ2) is 12.8. The van der Waals surface area contributed by atoms with Crippen molar-refractivity contribution in [3.05, 3.63) is 40.3 Å². The minimum absolute atomic E-state index is 0.236. The fourth-order valence-electron chi connectivity index (χ4n) is 2.49. The van der Waals surface area contributed by atoms with Crippen molar-refractivity contribution < 1.29 is 23.8 Å². The third kappa shape index (κ3) is 7.62. The Morgan fingerprint density at radius 3 is 2.50 bits per heavy atom. The summed E-state index contributed by atoms with van der Waals surface area (Å²) in [5, 5.41) is 8.01. The van der Waals surface area contributed by atoms with Gasteiger partial charge in [0.15, 0.2) is 0 Å². The van der Waals surface area contributed by atoms with Gasteiger partial charge in [0, 0.05) is 45.0 Å². The van der Waals surface area contributed by atoms with Crippen LogP contribution in [0.5, 0.6) is 5.75 Å². The molecule has 2 N–H and O–H groups in total. The monoisotopic (exact) mass is 436 g/mol. The molecule has 164 valence electrons. The summed E-state index contributed by atoms with van der Waals surface area (Å²) in [4.78, 5) is 30.9. The van der Waals surface area contributed by atoms with Crippen LogP contribution in [0.1, 0.15) is 21.9 Å². The molecule has 1 aromatic heterocycles. The molecule has 0 aliphatic rings. The normalized spacial score (nSPS) is 10.5. The number of carbonyl (C=O) groups excluding carboxylic acids is 2. The van der Waals surface area contributed by atoms with Gasteiger partial charge in [-0.25, -0.2) is 9.78 Å². The zero-order valence-electron chi connectivity index (χ0n) is 17.5. The summed E-state index contributed by atoms with van der Waals surface area (Å²) < 4.78 is 15.2. The van der Waals surface area contributed by atoms with Gasteiger partial charge in [0.1, 0.15) is 16.5 Å². The van der Waals surface area contributed by atoms with E-state index in [4.69, 9.17) is 14.2 Å². The van der Waals surface area contributed by atoms with Crippen LogP contribution in [0.4, 0.5) is 10.5 Å². The Bertz CT molecular complexity index is 797. The van der Waals surface area contributed by atoms with Crippen molar-refractivity contribution in [3.8, 4) is 5.75 Å². The second-order valence-electron chi connectivity index (χ2n) is 6.30. The molecule has 1 heterocycles. The van der Waals surface area contributed by atoms with E-state index in [0.717, 1.165) is 6.42 Å². The number of carbonyl (C=O) groups is 2. The van der Waals surface area contributed by atoms with Crippen LogP contribution in [0, 0.1) is 0 Å². The third-order valence-corrected chi connectivity index (χ3v) is 4.95. The van der Waals surface area contributed by atoms with Crippen molar-refractivity contribution in [2.75, 3.05) is 52.9 Å². The lowest BCUT2D eigenvalue weighted by Crippen LogP contribution is -2.36. The van der Waals surface area contributed by atoms with Gasteiger partial charge in [-0.1, -0.05) is 0 Å². The molecule has 0 saturated carbocycles. The van der Waals surface area contributed by atoms with Gasteiger partial charge in [0.25, 0.3) is 5.91 Å². The first kappa shape index (κ1) is 23.6. The summed E-state index contributed by atoms with van der Waals surface area (Å²) >= 11 is 1.34. The minimum atomic E-state index is -0.280. The molecule has 30 heavy (non-hydrogen) atoms. The highest BCUT2D eigenvalue weighted by atomic mass is 32.1. The van der Waals surface area contributed by atoms with E-state index in [1.807, 2.05) is 0 Å². The van der Waals surface area contributed by atoms with E-state index >= 15 is 0 Å². The fraction of sp³-hybridized carbons (Fsp3) is 0.450. The number of nitrogens with zero attached hydrogens (tertiary/aromatic N) is 2. The average molecular weight is 437 g/mol. The van der Waals surface area contributed by atoms with E-state index in [0.29, 0.717) is 48.4 Å². The highest BCUT2D eigenvalue weighted by Crippen LogP contribution is 2.17. The second-order valence-corrected chi connectivity index (χ2v) is 7.24. The molecule has 0 aliphatic carbocycles. The summed E-state index contributed by atoms with van der Waals surface area (Å²) in [6.07, 6.45) is 0.732. The number of aromatic nitrogens is 1. The molecule has 2 rings (SSSR count). The SMILES string of the molecule is COCCCNC(=O)c1csc(CN(CCOC)C(=O)Nc2ccc(OC)cc2)n1. The molecule has 0 aliphatic heterocycles. The van der Waals surface area contributed by atoms with E-state index in [9.17, 15) is 9.59 Å². The predicted molar refractivity (Wildman–Crippen MR) is 115 cm³/mol. The summed E-state index contributed by atoms with van der Waals surface area (Å²) in [5.74, 6) is 0.472. The van der Waals surface area contributed by atoms with Crippen molar-refractivity contribution in [2.24, 2.45) is 0 Å². The van der Waals surface area contributed by atoms with E-state index in [-0.39, 0.29) is 18.5 Å². The highest BCUT2D eigenvalue weighted by molar-refractivity contribution is 7.09. The number of methoxy groups -OCH3 is 3. The van der Waals surface area contributed by atoms with Crippen LogP contribution in [0.25, 0.3) is 0 Å². The number of amides is 3. The highest BCUT2D eigenvalue weighted by Gasteiger charge is 2.17.